The number of halogens is 1. The van der Waals surface area contributed by atoms with Gasteiger partial charge in [0.25, 0.3) is 0 Å². The summed E-state index contributed by atoms with van der Waals surface area (Å²) in [5.41, 5.74) is 1.43. The maximum atomic E-state index is 13.5. The number of carbonyl (C=O) groups excluding carboxylic acids is 1. The molecule has 2 N–H and O–H groups in total. The highest BCUT2D eigenvalue weighted by atomic mass is 19.1. The van der Waals surface area contributed by atoms with Crippen LogP contribution < -0.4 is 10.6 Å². The Labute approximate surface area is 107 Å². The molecule has 1 aromatic carbocycles. The first kappa shape index (κ1) is 13.0. The van der Waals surface area contributed by atoms with Crippen molar-refractivity contribution >= 4 is 5.91 Å². The van der Waals surface area contributed by atoms with E-state index in [9.17, 15) is 9.18 Å². The first-order valence-electron chi connectivity index (χ1n) is 6.35. The van der Waals surface area contributed by atoms with Crippen LogP contribution in [0.15, 0.2) is 18.2 Å². The van der Waals surface area contributed by atoms with Crippen LogP contribution in [0, 0.1) is 18.7 Å². The Morgan fingerprint density at radius 2 is 2.33 bits per heavy atom. The topological polar surface area (TPSA) is 41.1 Å². The van der Waals surface area contributed by atoms with Crippen LogP contribution in [0.2, 0.25) is 0 Å². The third-order valence-corrected chi connectivity index (χ3v) is 3.49. The van der Waals surface area contributed by atoms with Crippen molar-refractivity contribution < 1.29 is 9.18 Å². The van der Waals surface area contributed by atoms with E-state index in [1.807, 2.05) is 13.0 Å². The lowest BCUT2D eigenvalue weighted by Gasteiger charge is -2.17. The van der Waals surface area contributed by atoms with E-state index in [2.05, 4.69) is 10.6 Å². The molecule has 2 unspecified atom stereocenters. The van der Waals surface area contributed by atoms with Crippen molar-refractivity contribution in [2.45, 2.75) is 26.3 Å². The maximum Gasteiger partial charge on any atom is 0.224 e. The van der Waals surface area contributed by atoms with Gasteiger partial charge in [-0.25, -0.2) is 4.39 Å². The van der Waals surface area contributed by atoms with Crippen molar-refractivity contribution in [1.29, 1.82) is 0 Å². The molecule has 2 atom stereocenters. The second-order valence-electron chi connectivity index (χ2n) is 4.93. The van der Waals surface area contributed by atoms with E-state index in [4.69, 9.17) is 0 Å². The minimum atomic E-state index is -0.226. The number of hydrogen-bond donors (Lipinski definition) is 2. The van der Waals surface area contributed by atoms with E-state index < -0.39 is 0 Å². The van der Waals surface area contributed by atoms with Crippen molar-refractivity contribution in [2.75, 3.05) is 13.1 Å². The van der Waals surface area contributed by atoms with Gasteiger partial charge < -0.3 is 10.6 Å². The van der Waals surface area contributed by atoms with Crippen LogP contribution >= 0.6 is 0 Å². The summed E-state index contributed by atoms with van der Waals surface area (Å²) in [6, 6.07) is 4.93. The Morgan fingerprint density at radius 1 is 1.56 bits per heavy atom. The smallest absolute Gasteiger partial charge is 0.224 e. The van der Waals surface area contributed by atoms with E-state index in [0.717, 1.165) is 25.1 Å². The number of carbonyl (C=O) groups is 1. The van der Waals surface area contributed by atoms with Gasteiger partial charge in [0, 0.05) is 6.54 Å². The molecule has 3 nitrogen and oxygen atoms in total. The molecule has 4 heteroatoms. The fourth-order valence-corrected chi connectivity index (χ4v) is 2.17. The number of benzene rings is 1. The number of nitrogens with one attached hydrogen (secondary N) is 2. The van der Waals surface area contributed by atoms with Crippen LogP contribution in [-0.4, -0.2) is 19.0 Å². The zero-order valence-corrected chi connectivity index (χ0v) is 10.8. The summed E-state index contributed by atoms with van der Waals surface area (Å²) in [7, 11) is 0. The monoisotopic (exact) mass is 250 g/mol. The average Bonchev–Trinajstić information content (AvgIpc) is 2.86. The molecule has 0 bridgehead atoms. The standard InChI is InChI=1S/C14H19FN2O/c1-9-3-4-11(7-13(9)15)10(2)17-14(18)12-5-6-16-8-12/h3-4,7,10,12,16H,5-6,8H2,1-2H3,(H,17,18). The zero-order chi connectivity index (χ0) is 13.1. The minimum absolute atomic E-state index is 0.0442. The summed E-state index contributed by atoms with van der Waals surface area (Å²) in [6.07, 6.45) is 0.876. The maximum absolute atomic E-state index is 13.5. The second kappa shape index (κ2) is 5.48. The van der Waals surface area contributed by atoms with E-state index in [1.54, 1.807) is 13.0 Å². The van der Waals surface area contributed by atoms with Crippen molar-refractivity contribution in [1.82, 2.24) is 10.6 Å². The Bertz CT molecular complexity index is 441. The molecule has 1 saturated heterocycles. The van der Waals surface area contributed by atoms with Crippen LogP contribution in [0.25, 0.3) is 0 Å². The van der Waals surface area contributed by atoms with Gasteiger partial charge in [-0.1, -0.05) is 12.1 Å². The third-order valence-electron chi connectivity index (χ3n) is 3.49. The molecule has 0 aromatic heterocycles. The Kier molecular flexibility index (Phi) is 3.97. The molecule has 1 aromatic rings. The lowest BCUT2D eigenvalue weighted by atomic mass is 10.0. The molecule has 1 fully saturated rings. The van der Waals surface area contributed by atoms with Gasteiger partial charge in [-0.05, 0) is 44.0 Å². The van der Waals surface area contributed by atoms with Gasteiger partial charge in [-0.3, -0.25) is 4.79 Å². The molecule has 2 rings (SSSR count). The largest absolute Gasteiger partial charge is 0.349 e. The normalized spacial score (nSPS) is 20.7. The predicted molar refractivity (Wildman–Crippen MR) is 68.7 cm³/mol. The molecule has 1 amide bonds. The Balaban J connectivity index is 2.00. The van der Waals surface area contributed by atoms with E-state index in [0.29, 0.717) is 5.56 Å². The molecule has 0 radical (unpaired) electrons. The molecular weight excluding hydrogens is 231 g/mol. The molecular formula is C14H19FN2O. The van der Waals surface area contributed by atoms with Crippen LogP contribution in [-0.2, 0) is 4.79 Å². The van der Waals surface area contributed by atoms with Crippen LogP contribution in [0.1, 0.15) is 30.5 Å². The highest BCUT2D eigenvalue weighted by molar-refractivity contribution is 5.79. The quantitative estimate of drug-likeness (QED) is 0.860. The zero-order valence-electron chi connectivity index (χ0n) is 10.8. The Morgan fingerprint density at radius 3 is 2.94 bits per heavy atom. The van der Waals surface area contributed by atoms with Gasteiger partial charge in [0.2, 0.25) is 5.91 Å². The molecule has 18 heavy (non-hydrogen) atoms. The number of rotatable bonds is 3. The van der Waals surface area contributed by atoms with Gasteiger partial charge in [0.1, 0.15) is 5.82 Å². The molecule has 98 valence electrons. The summed E-state index contributed by atoms with van der Waals surface area (Å²) < 4.78 is 13.5. The predicted octanol–water partition coefficient (Wildman–Crippen LogP) is 1.92. The second-order valence-corrected chi connectivity index (χ2v) is 4.93. The minimum Gasteiger partial charge on any atom is -0.349 e. The van der Waals surface area contributed by atoms with E-state index in [-0.39, 0.29) is 23.7 Å². The number of hydrogen-bond acceptors (Lipinski definition) is 2. The molecule has 0 spiro atoms. The molecule has 1 aliphatic rings. The fourth-order valence-electron chi connectivity index (χ4n) is 2.17. The highest BCUT2D eigenvalue weighted by Gasteiger charge is 2.23. The summed E-state index contributed by atoms with van der Waals surface area (Å²) in [5, 5.41) is 6.10. The molecule has 1 heterocycles. The summed E-state index contributed by atoms with van der Waals surface area (Å²) in [5.74, 6) is -0.132. The SMILES string of the molecule is Cc1ccc(C(C)NC(=O)C2CCNC2)cc1F. The summed E-state index contributed by atoms with van der Waals surface area (Å²) in [6.45, 7) is 5.24. The van der Waals surface area contributed by atoms with Crippen molar-refractivity contribution in [2.24, 2.45) is 5.92 Å². The van der Waals surface area contributed by atoms with Crippen molar-refractivity contribution in [3.05, 3.63) is 35.1 Å². The van der Waals surface area contributed by atoms with Gasteiger partial charge >= 0.3 is 0 Å². The fraction of sp³-hybridized carbons (Fsp3) is 0.500. The number of amides is 1. The van der Waals surface area contributed by atoms with Gasteiger partial charge in [-0.2, -0.15) is 0 Å². The van der Waals surface area contributed by atoms with Crippen molar-refractivity contribution in [3.63, 3.8) is 0 Å². The summed E-state index contributed by atoms with van der Waals surface area (Å²) in [4.78, 5) is 11.9. The first-order valence-corrected chi connectivity index (χ1v) is 6.35. The highest BCUT2D eigenvalue weighted by Crippen LogP contribution is 2.17. The lowest BCUT2D eigenvalue weighted by molar-refractivity contribution is -0.125. The van der Waals surface area contributed by atoms with Crippen LogP contribution in [0.5, 0.6) is 0 Å². The average molecular weight is 250 g/mol. The van der Waals surface area contributed by atoms with Crippen LogP contribution in [0.3, 0.4) is 0 Å². The van der Waals surface area contributed by atoms with E-state index >= 15 is 0 Å². The number of aryl methyl sites for hydroxylation is 1. The lowest BCUT2D eigenvalue weighted by Crippen LogP contribution is -2.33. The van der Waals surface area contributed by atoms with Crippen molar-refractivity contribution in [3.8, 4) is 0 Å². The van der Waals surface area contributed by atoms with Crippen LogP contribution in [0.4, 0.5) is 4.39 Å². The van der Waals surface area contributed by atoms with Gasteiger partial charge in [0.15, 0.2) is 0 Å². The Hall–Kier alpha value is -1.42. The molecule has 0 saturated carbocycles. The molecule has 0 aliphatic carbocycles. The van der Waals surface area contributed by atoms with Gasteiger partial charge in [0.05, 0.1) is 12.0 Å². The third kappa shape index (κ3) is 2.88. The first-order chi connectivity index (χ1) is 8.58. The van der Waals surface area contributed by atoms with E-state index in [1.165, 1.54) is 6.07 Å². The summed E-state index contributed by atoms with van der Waals surface area (Å²) >= 11 is 0. The van der Waals surface area contributed by atoms with Gasteiger partial charge in [-0.15, -0.1) is 0 Å². The molecule has 1 aliphatic heterocycles.